The van der Waals surface area contributed by atoms with Crippen LogP contribution in [0.4, 0.5) is 0 Å². The molecule has 2 amide bonds. The number of carbonyl (C=O) groups is 3. The molecule has 0 spiro atoms. The van der Waals surface area contributed by atoms with Crippen molar-refractivity contribution < 1.29 is 19.5 Å². The Hall–Kier alpha value is -2.38. The molecule has 1 rings (SSSR count). The van der Waals surface area contributed by atoms with E-state index in [-0.39, 0.29) is 18.9 Å². The van der Waals surface area contributed by atoms with Gasteiger partial charge in [0.2, 0.25) is 11.8 Å². The first kappa shape index (κ1) is 20.7. The topological polar surface area (TPSA) is 124 Å². The molecule has 140 valence electrons. The lowest BCUT2D eigenvalue weighted by Gasteiger charge is -2.14. The lowest BCUT2D eigenvalue weighted by atomic mass is 10.1. The third-order valence-corrected chi connectivity index (χ3v) is 3.82. The van der Waals surface area contributed by atoms with Crippen LogP contribution in [-0.4, -0.2) is 45.4 Å². The number of aliphatic carboxylic acids is 1. The summed E-state index contributed by atoms with van der Waals surface area (Å²) in [7, 11) is 0. The summed E-state index contributed by atoms with van der Waals surface area (Å²) in [6.07, 6.45) is 9.96. The molecule has 0 unspecified atom stereocenters. The zero-order valence-electron chi connectivity index (χ0n) is 14.7. The van der Waals surface area contributed by atoms with E-state index in [0.29, 0.717) is 12.1 Å². The maximum atomic E-state index is 11.8. The van der Waals surface area contributed by atoms with Crippen LogP contribution in [0.2, 0.25) is 0 Å². The van der Waals surface area contributed by atoms with Crippen molar-refractivity contribution in [2.24, 2.45) is 0 Å². The van der Waals surface area contributed by atoms with Gasteiger partial charge in [-0.25, -0.2) is 9.78 Å². The molecule has 8 heteroatoms. The number of aromatic amines is 1. The first-order valence-electron chi connectivity index (χ1n) is 8.79. The number of carboxylic acid groups (broad SMARTS) is 1. The van der Waals surface area contributed by atoms with E-state index >= 15 is 0 Å². The van der Waals surface area contributed by atoms with Crippen molar-refractivity contribution in [2.45, 2.75) is 64.3 Å². The molecule has 1 aromatic rings. The predicted octanol–water partition coefficient (Wildman–Crippen LogP) is 1.39. The molecule has 4 N–H and O–H groups in total. The average Bonchev–Trinajstić information content (AvgIpc) is 3.08. The molecule has 8 nitrogen and oxygen atoms in total. The number of amides is 2. The quantitative estimate of drug-likeness (QED) is 0.399. The zero-order valence-corrected chi connectivity index (χ0v) is 14.7. The van der Waals surface area contributed by atoms with Gasteiger partial charge in [-0.1, -0.05) is 39.0 Å². The highest BCUT2D eigenvalue weighted by atomic mass is 16.4. The SMILES string of the molecule is CCCCCCCCC(=O)NCC(=O)N[C@@H](Cc1cnc[nH]1)C(=O)O. The van der Waals surface area contributed by atoms with Gasteiger partial charge < -0.3 is 20.7 Å². The molecule has 0 aliphatic heterocycles. The Bertz CT molecular complexity index is 531. The Balaban J connectivity index is 2.21. The third-order valence-electron chi connectivity index (χ3n) is 3.82. The molecule has 0 aliphatic rings. The van der Waals surface area contributed by atoms with Crippen molar-refractivity contribution in [2.75, 3.05) is 6.54 Å². The number of carbonyl (C=O) groups excluding carboxylic acids is 2. The second-order valence-electron chi connectivity index (χ2n) is 6.03. The first-order chi connectivity index (χ1) is 12.0. The summed E-state index contributed by atoms with van der Waals surface area (Å²) in [4.78, 5) is 41.3. The lowest BCUT2D eigenvalue weighted by molar-refractivity contribution is -0.141. The monoisotopic (exact) mass is 352 g/mol. The van der Waals surface area contributed by atoms with Crippen LogP contribution in [0.5, 0.6) is 0 Å². The Morgan fingerprint density at radius 3 is 2.52 bits per heavy atom. The largest absolute Gasteiger partial charge is 0.480 e. The van der Waals surface area contributed by atoms with Crippen LogP contribution in [0.25, 0.3) is 0 Å². The predicted molar refractivity (Wildman–Crippen MR) is 92.9 cm³/mol. The summed E-state index contributed by atoms with van der Waals surface area (Å²) in [6, 6.07) is -1.07. The van der Waals surface area contributed by atoms with E-state index in [0.717, 1.165) is 19.3 Å². The van der Waals surface area contributed by atoms with Crippen molar-refractivity contribution in [1.82, 2.24) is 20.6 Å². The first-order valence-corrected chi connectivity index (χ1v) is 8.79. The summed E-state index contributed by atoms with van der Waals surface area (Å²) < 4.78 is 0. The van der Waals surface area contributed by atoms with E-state index in [1.54, 1.807) is 0 Å². The molecule has 1 heterocycles. The number of nitrogens with one attached hydrogen (secondary N) is 3. The third kappa shape index (κ3) is 9.49. The van der Waals surface area contributed by atoms with E-state index in [1.807, 2.05) is 0 Å². The summed E-state index contributed by atoms with van der Waals surface area (Å²) >= 11 is 0. The van der Waals surface area contributed by atoms with Crippen LogP contribution < -0.4 is 10.6 Å². The molecule has 0 bridgehead atoms. The molecule has 1 atom stereocenters. The number of nitrogens with zero attached hydrogens (tertiary/aromatic N) is 1. The van der Waals surface area contributed by atoms with Crippen molar-refractivity contribution in [1.29, 1.82) is 0 Å². The number of imidazole rings is 1. The number of H-pyrrole nitrogens is 1. The van der Waals surface area contributed by atoms with Crippen molar-refractivity contribution in [3.05, 3.63) is 18.2 Å². The molecular weight excluding hydrogens is 324 g/mol. The molecule has 0 saturated carbocycles. The number of unbranched alkanes of at least 4 members (excludes halogenated alkanes) is 5. The van der Waals surface area contributed by atoms with Crippen LogP contribution in [0, 0.1) is 0 Å². The van der Waals surface area contributed by atoms with Gasteiger partial charge in [0.15, 0.2) is 0 Å². The Kier molecular flexibility index (Phi) is 9.96. The number of aromatic nitrogens is 2. The molecule has 25 heavy (non-hydrogen) atoms. The van der Waals surface area contributed by atoms with Crippen molar-refractivity contribution in [3.8, 4) is 0 Å². The van der Waals surface area contributed by atoms with Crippen LogP contribution >= 0.6 is 0 Å². The molecule has 0 aromatic carbocycles. The van der Waals surface area contributed by atoms with E-state index in [9.17, 15) is 14.4 Å². The maximum absolute atomic E-state index is 11.8. The van der Waals surface area contributed by atoms with Gasteiger partial charge in [0.25, 0.3) is 0 Å². The highest BCUT2D eigenvalue weighted by Crippen LogP contribution is 2.06. The summed E-state index contributed by atoms with van der Waals surface area (Å²) in [5.41, 5.74) is 0.611. The van der Waals surface area contributed by atoms with Gasteiger partial charge in [0.1, 0.15) is 6.04 Å². The Labute approximate surface area is 147 Å². The van der Waals surface area contributed by atoms with Gasteiger partial charge in [0.05, 0.1) is 12.9 Å². The van der Waals surface area contributed by atoms with Crippen LogP contribution in [0.1, 0.15) is 57.6 Å². The van der Waals surface area contributed by atoms with Gasteiger partial charge in [-0.2, -0.15) is 0 Å². The minimum Gasteiger partial charge on any atom is -0.480 e. The summed E-state index contributed by atoms with van der Waals surface area (Å²) in [5, 5.41) is 14.1. The summed E-state index contributed by atoms with van der Waals surface area (Å²) in [5.74, 6) is -1.85. The van der Waals surface area contributed by atoms with Gasteiger partial charge in [-0.05, 0) is 6.42 Å². The average molecular weight is 352 g/mol. The number of carboxylic acids is 1. The van der Waals surface area contributed by atoms with Gasteiger partial charge in [-0.15, -0.1) is 0 Å². The highest BCUT2D eigenvalue weighted by molar-refractivity contribution is 5.87. The van der Waals surface area contributed by atoms with Crippen LogP contribution in [-0.2, 0) is 20.8 Å². The molecule has 1 aromatic heterocycles. The minimum absolute atomic E-state index is 0.104. The fraction of sp³-hybridized carbons (Fsp3) is 0.647. The summed E-state index contributed by atoms with van der Waals surface area (Å²) in [6.45, 7) is 1.93. The van der Waals surface area contributed by atoms with Gasteiger partial charge in [0, 0.05) is 24.7 Å². The fourth-order valence-electron chi connectivity index (χ4n) is 2.39. The highest BCUT2D eigenvalue weighted by Gasteiger charge is 2.21. The van der Waals surface area contributed by atoms with Gasteiger partial charge >= 0.3 is 5.97 Å². The number of rotatable bonds is 13. The van der Waals surface area contributed by atoms with Gasteiger partial charge in [-0.3, -0.25) is 9.59 Å². The van der Waals surface area contributed by atoms with E-state index in [1.165, 1.54) is 31.8 Å². The molecule has 0 aliphatic carbocycles. The van der Waals surface area contributed by atoms with E-state index < -0.39 is 17.9 Å². The van der Waals surface area contributed by atoms with Crippen molar-refractivity contribution in [3.63, 3.8) is 0 Å². The molecular formula is C17H28N4O4. The smallest absolute Gasteiger partial charge is 0.326 e. The Morgan fingerprint density at radius 1 is 1.16 bits per heavy atom. The van der Waals surface area contributed by atoms with E-state index in [4.69, 9.17) is 5.11 Å². The zero-order chi connectivity index (χ0) is 18.5. The maximum Gasteiger partial charge on any atom is 0.326 e. The normalized spacial score (nSPS) is 11.7. The molecule has 0 fully saturated rings. The fourth-order valence-corrected chi connectivity index (χ4v) is 2.39. The second kappa shape index (κ2) is 12.0. The van der Waals surface area contributed by atoms with Crippen molar-refractivity contribution >= 4 is 17.8 Å². The number of hydrogen-bond acceptors (Lipinski definition) is 4. The lowest BCUT2D eigenvalue weighted by Crippen LogP contribution is -2.46. The second-order valence-corrected chi connectivity index (χ2v) is 6.03. The minimum atomic E-state index is -1.14. The van der Waals surface area contributed by atoms with Crippen LogP contribution in [0.15, 0.2) is 12.5 Å². The molecule has 0 saturated heterocycles. The number of hydrogen-bond donors (Lipinski definition) is 4. The standard InChI is InChI=1S/C17H28N4O4/c1-2-3-4-5-6-7-8-15(22)19-11-16(23)21-14(17(24)25)9-13-10-18-12-20-13/h10,12,14H,2-9,11H2,1H3,(H,18,20)(H,19,22)(H,21,23)(H,24,25)/t14-/m0/s1. The van der Waals surface area contributed by atoms with E-state index in [2.05, 4.69) is 27.5 Å². The molecule has 0 radical (unpaired) electrons. The van der Waals surface area contributed by atoms with Crippen LogP contribution in [0.3, 0.4) is 0 Å². The Morgan fingerprint density at radius 2 is 1.88 bits per heavy atom.